The van der Waals surface area contributed by atoms with E-state index in [9.17, 15) is 4.79 Å². The van der Waals surface area contributed by atoms with Crippen LogP contribution in [0.15, 0.2) is 41.3 Å². The molecule has 3 aromatic rings. The first-order valence-electron chi connectivity index (χ1n) is 5.81. The topological polar surface area (TPSA) is 50.7 Å². The molecule has 3 rings (SSSR count). The standard InChI is InChI=1S/C14H13N3O/c1-9-7-8-15-10(2)13(9)17-12-6-4-3-5-11(12)16-14(17)18/h3-8H,1-2H3,(H,16,18). The number of fused-ring (bicyclic) bond motifs is 1. The average molecular weight is 239 g/mol. The number of aryl methyl sites for hydroxylation is 2. The SMILES string of the molecule is Cc1ccnc(C)c1-n1c(=O)[nH]c2ccccc21. The molecule has 0 radical (unpaired) electrons. The third-order valence-corrected chi connectivity index (χ3v) is 3.12. The van der Waals surface area contributed by atoms with E-state index in [2.05, 4.69) is 9.97 Å². The molecule has 1 aromatic carbocycles. The van der Waals surface area contributed by atoms with E-state index in [-0.39, 0.29) is 5.69 Å². The second kappa shape index (κ2) is 3.84. The molecule has 0 fully saturated rings. The number of hydrogen-bond donors (Lipinski definition) is 1. The number of nitrogens with one attached hydrogen (secondary N) is 1. The van der Waals surface area contributed by atoms with Crippen LogP contribution in [0.1, 0.15) is 11.3 Å². The van der Waals surface area contributed by atoms with Gasteiger partial charge in [-0.15, -0.1) is 0 Å². The molecule has 0 bridgehead atoms. The van der Waals surface area contributed by atoms with Gasteiger partial charge in [-0.05, 0) is 37.6 Å². The average Bonchev–Trinajstić information content (AvgIpc) is 2.66. The Morgan fingerprint density at radius 2 is 1.94 bits per heavy atom. The van der Waals surface area contributed by atoms with Crippen molar-refractivity contribution in [1.82, 2.24) is 14.5 Å². The maximum absolute atomic E-state index is 12.1. The number of aromatic nitrogens is 3. The van der Waals surface area contributed by atoms with Gasteiger partial charge >= 0.3 is 5.69 Å². The van der Waals surface area contributed by atoms with Gasteiger partial charge in [0.1, 0.15) is 0 Å². The van der Waals surface area contributed by atoms with Crippen molar-refractivity contribution in [3.05, 3.63) is 58.3 Å². The lowest BCUT2D eigenvalue weighted by atomic mass is 10.2. The van der Waals surface area contributed by atoms with Crippen molar-refractivity contribution in [3.63, 3.8) is 0 Å². The summed E-state index contributed by atoms with van der Waals surface area (Å²) < 4.78 is 1.69. The van der Waals surface area contributed by atoms with Crippen LogP contribution in [-0.2, 0) is 0 Å². The summed E-state index contributed by atoms with van der Waals surface area (Å²) in [5.41, 5.74) is 4.33. The third-order valence-electron chi connectivity index (χ3n) is 3.12. The Kier molecular flexibility index (Phi) is 2.30. The molecule has 4 heteroatoms. The first kappa shape index (κ1) is 10.8. The molecule has 2 aromatic heterocycles. The van der Waals surface area contributed by atoms with Crippen molar-refractivity contribution in [2.45, 2.75) is 13.8 Å². The molecule has 0 amide bonds. The Labute approximate surface area is 104 Å². The van der Waals surface area contributed by atoms with E-state index in [1.54, 1.807) is 10.8 Å². The minimum atomic E-state index is -0.129. The van der Waals surface area contributed by atoms with Crippen LogP contribution >= 0.6 is 0 Å². The minimum Gasteiger partial charge on any atom is -0.305 e. The van der Waals surface area contributed by atoms with Crippen molar-refractivity contribution < 1.29 is 0 Å². The summed E-state index contributed by atoms with van der Waals surface area (Å²) in [5, 5.41) is 0. The van der Waals surface area contributed by atoms with Gasteiger partial charge in [-0.3, -0.25) is 9.55 Å². The van der Waals surface area contributed by atoms with Gasteiger partial charge in [0.15, 0.2) is 0 Å². The highest BCUT2D eigenvalue weighted by molar-refractivity contribution is 5.77. The molecule has 0 aliphatic carbocycles. The quantitative estimate of drug-likeness (QED) is 0.708. The number of benzene rings is 1. The van der Waals surface area contributed by atoms with Crippen LogP contribution in [0.25, 0.3) is 16.7 Å². The van der Waals surface area contributed by atoms with Gasteiger partial charge in [-0.1, -0.05) is 12.1 Å². The van der Waals surface area contributed by atoms with E-state index in [0.29, 0.717) is 0 Å². The zero-order valence-electron chi connectivity index (χ0n) is 10.3. The number of aromatic amines is 1. The zero-order chi connectivity index (χ0) is 12.7. The number of hydrogen-bond acceptors (Lipinski definition) is 2. The van der Waals surface area contributed by atoms with E-state index in [4.69, 9.17) is 0 Å². The van der Waals surface area contributed by atoms with Crippen molar-refractivity contribution >= 4 is 11.0 Å². The summed E-state index contributed by atoms with van der Waals surface area (Å²) in [4.78, 5) is 19.3. The van der Waals surface area contributed by atoms with Gasteiger partial charge < -0.3 is 4.98 Å². The lowest BCUT2D eigenvalue weighted by Gasteiger charge is -2.09. The monoisotopic (exact) mass is 239 g/mol. The summed E-state index contributed by atoms with van der Waals surface area (Å²) in [6.07, 6.45) is 1.76. The molecular formula is C14H13N3O. The summed E-state index contributed by atoms with van der Waals surface area (Å²) in [6.45, 7) is 3.90. The minimum absolute atomic E-state index is 0.129. The van der Waals surface area contributed by atoms with E-state index in [0.717, 1.165) is 28.0 Å². The molecule has 0 atom stereocenters. The number of imidazole rings is 1. The van der Waals surface area contributed by atoms with Crippen LogP contribution in [0.3, 0.4) is 0 Å². The number of nitrogens with zero attached hydrogens (tertiary/aromatic N) is 2. The molecule has 2 heterocycles. The molecule has 90 valence electrons. The van der Waals surface area contributed by atoms with Crippen LogP contribution in [0.2, 0.25) is 0 Å². The molecule has 0 aliphatic heterocycles. The lowest BCUT2D eigenvalue weighted by molar-refractivity contribution is 0.966. The third kappa shape index (κ3) is 1.46. The molecule has 0 aliphatic rings. The van der Waals surface area contributed by atoms with E-state index < -0.39 is 0 Å². The normalized spacial score (nSPS) is 11.0. The van der Waals surface area contributed by atoms with E-state index in [1.165, 1.54) is 0 Å². The summed E-state index contributed by atoms with van der Waals surface area (Å²) in [7, 11) is 0. The fraction of sp³-hybridized carbons (Fsp3) is 0.143. The Morgan fingerprint density at radius 1 is 1.17 bits per heavy atom. The smallest absolute Gasteiger partial charge is 0.305 e. The number of pyridine rings is 1. The molecule has 0 unspecified atom stereocenters. The Morgan fingerprint density at radius 3 is 2.72 bits per heavy atom. The fourth-order valence-electron chi connectivity index (χ4n) is 2.30. The number of para-hydroxylation sites is 2. The van der Waals surface area contributed by atoms with Crippen molar-refractivity contribution in [3.8, 4) is 5.69 Å². The Balaban J connectivity index is 2.46. The van der Waals surface area contributed by atoms with Gasteiger partial charge in [0.05, 0.1) is 22.4 Å². The fourth-order valence-corrected chi connectivity index (χ4v) is 2.30. The highest BCUT2D eigenvalue weighted by Crippen LogP contribution is 2.19. The number of H-pyrrole nitrogens is 1. The summed E-state index contributed by atoms with van der Waals surface area (Å²) in [6, 6.07) is 9.57. The maximum atomic E-state index is 12.1. The number of rotatable bonds is 1. The summed E-state index contributed by atoms with van der Waals surface area (Å²) >= 11 is 0. The molecular weight excluding hydrogens is 226 g/mol. The molecule has 0 saturated heterocycles. The molecule has 0 saturated carbocycles. The highest BCUT2D eigenvalue weighted by atomic mass is 16.1. The van der Waals surface area contributed by atoms with Crippen LogP contribution in [0.4, 0.5) is 0 Å². The molecule has 0 spiro atoms. The van der Waals surface area contributed by atoms with Gasteiger partial charge in [-0.25, -0.2) is 4.79 Å². The van der Waals surface area contributed by atoms with Crippen LogP contribution < -0.4 is 5.69 Å². The first-order chi connectivity index (χ1) is 8.68. The Bertz CT molecular complexity index is 763. The van der Waals surface area contributed by atoms with Crippen LogP contribution in [0, 0.1) is 13.8 Å². The zero-order valence-corrected chi connectivity index (χ0v) is 10.3. The first-order valence-corrected chi connectivity index (χ1v) is 5.81. The molecule has 4 nitrogen and oxygen atoms in total. The predicted molar refractivity (Wildman–Crippen MR) is 71.2 cm³/mol. The summed E-state index contributed by atoms with van der Waals surface area (Å²) in [5.74, 6) is 0. The predicted octanol–water partition coefficient (Wildman–Crippen LogP) is 2.33. The van der Waals surface area contributed by atoms with Crippen LogP contribution in [0.5, 0.6) is 0 Å². The van der Waals surface area contributed by atoms with Crippen molar-refractivity contribution in [2.24, 2.45) is 0 Å². The van der Waals surface area contributed by atoms with Gasteiger partial charge in [0.25, 0.3) is 0 Å². The largest absolute Gasteiger partial charge is 0.331 e. The van der Waals surface area contributed by atoms with Gasteiger partial charge in [0, 0.05) is 6.20 Å². The van der Waals surface area contributed by atoms with E-state index >= 15 is 0 Å². The molecule has 18 heavy (non-hydrogen) atoms. The van der Waals surface area contributed by atoms with Crippen molar-refractivity contribution in [2.75, 3.05) is 0 Å². The second-order valence-electron chi connectivity index (χ2n) is 4.34. The second-order valence-corrected chi connectivity index (χ2v) is 4.34. The lowest BCUT2D eigenvalue weighted by Crippen LogP contribution is -2.17. The van der Waals surface area contributed by atoms with E-state index in [1.807, 2.05) is 44.2 Å². The van der Waals surface area contributed by atoms with Gasteiger partial charge in [0.2, 0.25) is 0 Å². The maximum Gasteiger partial charge on any atom is 0.331 e. The van der Waals surface area contributed by atoms with Gasteiger partial charge in [-0.2, -0.15) is 0 Å². The Hall–Kier alpha value is -2.36. The van der Waals surface area contributed by atoms with Crippen molar-refractivity contribution in [1.29, 1.82) is 0 Å². The molecule has 1 N–H and O–H groups in total. The van der Waals surface area contributed by atoms with Crippen LogP contribution in [-0.4, -0.2) is 14.5 Å². The highest BCUT2D eigenvalue weighted by Gasteiger charge is 2.12.